The van der Waals surface area contributed by atoms with Crippen molar-refractivity contribution in [2.75, 3.05) is 6.61 Å². The van der Waals surface area contributed by atoms with Crippen LogP contribution in [0.15, 0.2) is 9.28 Å². The summed E-state index contributed by atoms with van der Waals surface area (Å²) in [7, 11) is 0. The van der Waals surface area contributed by atoms with Crippen LogP contribution in [-0.4, -0.2) is 19.0 Å². The van der Waals surface area contributed by atoms with Crippen molar-refractivity contribution in [2.45, 2.75) is 13.8 Å². The van der Waals surface area contributed by atoms with Gasteiger partial charge in [0.25, 0.3) is 0 Å². The van der Waals surface area contributed by atoms with Crippen LogP contribution >= 0.6 is 22.6 Å². The Hall–Kier alpha value is -0.590. The van der Waals surface area contributed by atoms with Crippen LogP contribution in [0, 0.1) is 0 Å². The number of halogens is 1. The van der Waals surface area contributed by atoms with E-state index in [0.717, 1.165) is 0 Å². The number of hydrogen-bond donors (Lipinski definition) is 1. The molecule has 0 bridgehead atoms. The highest BCUT2D eigenvalue weighted by molar-refractivity contribution is 14.1. The molecule has 0 aliphatic rings. The van der Waals surface area contributed by atoms with Gasteiger partial charge in [-0.15, -0.1) is 0 Å². The minimum absolute atomic E-state index is 0.201. The Bertz CT molecular complexity index is 209. The first-order chi connectivity index (χ1) is 5.63. The molecular formula is C7H10INO3. The zero-order valence-electron chi connectivity index (χ0n) is 6.89. The normalized spacial score (nSPS) is 11.6. The lowest BCUT2D eigenvalue weighted by atomic mass is 10.4. The van der Waals surface area contributed by atoms with Gasteiger partial charge in [-0.2, -0.15) is 0 Å². The Morgan fingerprint density at radius 3 is 2.58 bits per heavy atom. The number of allylic oxidation sites excluding steroid dienone is 1. The Kier molecular flexibility index (Phi) is 5.69. The summed E-state index contributed by atoms with van der Waals surface area (Å²) in [5.74, 6) is -0.503. The fourth-order valence-corrected chi connectivity index (χ4v) is 0.937. The van der Waals surface area contributed by atoms with E-state index in [0.29, 0.717) is 16.6 Å². The number of amides is 1. The van der Waals surface area contributed by atoms with Crippen LogP contribution in [0.2, 0.25) is 0 Å². The van der Waals surface area contributed by atoms with Crippen molar-refractivity contribution < 1.29 is 14.3 Å². The number of ether oxygens (including phenoxy) is 1. The van der Waals surface area contributed by atoms with Crippen molar-refractivity contribution >= 4 is 35.0 Å². The molecule has 0 atom stereocenters. The lowest BCUT2D eigenvalue weighted by Gasteiger charge is -2.05. The number of esters is 1. The summed E-state index contributed by atoms with van der Waals surface area (Å²) >= 11 is 1.94. The zero-order chi connectivity index (χ0) is 9.56. The van der Waals surface area contributed by atoms with E-state index in [2.05, 4.69) is 5.32 Å². The summed E-state index contributed by atoms with van der Waals surface area (Å²) in [6, 6.07) is 0. The summed E-state index contributed by atoms with van der Waals surface area (Å²) in [5, 5.41) is 2.28. The lowest BCUT2D eigenvalue weighted by molar-refractivity contribution is -0.139. The average Bonchev–Trinajstić information content (AvgIpc) is 1.99. The molecule has 0 saturated heterocycles. The molecule has 0 aromatic rings. The van der Waals surface area contributed by atoms with Gasteiger partial charge in [0.1, 0.15) is 5.70 Å². The van der Waals surface area contributed by atoms with Crippen molar-refractivity contribution in [3.05, 3.63) is 9.28 Å². The first-order valence-electron chi connectivity index (χ1n) is 3.37. The third-order valence-corrected chi connectivity index (χ3v) is 1.57. The fourth-order valence-electron chi connectivity index (χ4n) is 0.561. The maximum absolute atomic E-state index is 11.1. The minimum Gasteiger partial charge on any atom is -0.461 e. The van der Waals surface area contributed by atoms with Crippen LogP contribution in [0.3, 0.4) is 0 Å². The van der Waals surface area contributed by atoms with E-state index in [9.17, 15) is 9.59 Å². The SMILES string of the molecule is CCOC(=O)/C(NC=O)=C(/C)I. The molecule has 1 amide bonds. The molecular weight excluding hydrogens is 273 g/mol. The molecule has 0 aromatic carbocycles. The van der Waals surface area contributed by atoms with E-state index in [1.807, 2.05) is 22.6 Å². The van der Waals surface area contributed by atoms with Gasteiger partial charge in [0.2, 0.25) is 6.41 Å². The van der Waals surface area contributed by atoms with Crippen LogP contribution < -0.4 is 5.32 Å². The number of carbonyl (C=O) groups excluding carboxylic acids is 2. The predicted octanol–water partition coefficient (Wildman–Crippen LogP) is 0.962. The van der Waals surface area contributed by atoms with Crippen LogP contribution in [0.1, 0.15) is 13.8 Å². The topological polar surface area (TPSA) is 55.4 Å². The van der Waals surface area contributed by atoms with E-state index in [-0.39, 0.29) is 5.70 Å². The number of rotatable bonds is 4. The van der Waals surface area contributed by atoms with Crippen molar-refractivity contribution in [2.24, 2.45) is 0 Å². The van der Waals surface area contributed by atoms with E-state index in [4.69, 9.17) is 4.74 Å². The Labute approximate surface area is 84.5 Å². The van der Waals surface area contributed by atoms with Gasteiger partial charge in [0, 0.05) is 3.58 Å². The van der Waals surface area contributed by atoms with Gasteiger partial charge < -0.3 is 10.1 Å². The second kappa shape index (κ2) is 5.99. The standard InChI is InChI=1S/C7H10INO3/c1-3-12-7(11)6(5(2)8)9-4-10/h4H,3H2,1-2H3,(H,9,10)/b6-5+. The molecule has 0 saturated carbocycles. The largest absolute Gasteiger partial charge is 0.461 e. The molecule has 0 fully saturated rings. The van der Waals surface area contributed by atoms with Gasteiger partial charge in [0.15, 0.2) is 0 Å². The Morgan fingerprint density at radius 2 is 2.25 bits per heavy atom. The van der Waals surface area contributed by atoms with Crippen LogP contribution in [0.4, 0.5) is 0 Å². The second-order valence-electron chi connectivity index (χ2n) is 1.89. The molecule has 0 aromatic heterocycles. The first kappa shape index (κ1) is 11.4. The monoisotopic (exact) mass is 283 g/mol. The van der Waals surface area contributed by atoms with Gasteiger partial charge >= 0.3 is 5.97 Å². The van der Waals surface area contributed by atoms with E-state index in [1.54, 1.807) is 13.8 Å². The highest BCUT2D eigenvalue weighted by Gasteiger charge is 2.11. The molecule has 0 rings (SSSR count). The highest BCUT2D eigenvalue weighted by Crippen LogP contribution is 2.09. The van der Waals surface area contributed by atoms with Crippen LogP contribution in [0.5, 0.6) is 0 Å². The summed E-state index contributed by atoms with van der Waals surface area (Å²) in [6.07, 6.45) is 0.453. The summed E-state index contributed by atoms with van der Waals surface area (Å²) in [6.45, 7) is 3.72. The molecule has 4 nitrogen and oxygen atoms in total. The second-order valence-corrected chi connectivity index (χ2v) is 3.51. The number of carbonyl (C=O) groups is 2. The first-order valence-corrected chi connectivity index (χ1v) is 4.45. The summed E-state index contributed by atoms with van der Waals surface area (Å²) in [4.78, 5) is 21.1. The molecule has 0 spiro atoms. The molecule has 12 heavy (non-hydrogen) atoms. The Morgan fingerprint density at radius 1 is 1.67 bits per heavy atom. The minimum atomic E-state index is -0.503. The van der Waals surface area contributed by atoms with Crippen LogP contribution in [0.25, 0.3) is 0 Å². The zero-order valence-corrected chi connectivity index (χ0v) is 9.04. The molecule has 68 valence electrons. The van der Waals surface area contributed by atoms with Gasteiger partial charge in [-0.25, -0.2) is 4.79 Å². The maximum Gasteiger partial charge on any atom is 0.355 e. The van der Waals surface area contributed by atoms with E-state index in [1.165, 1.54) is 0 Å². The number of nitrogens with one attached hydrogen (secondary N) is 1. The quantitative estimate of drug-likeness (QED) is 0.362. The van der Waals surface area contributed by atoms with Gasteiger partial charge in [-0.3, -0.25) is 4.79 Å². The highest BCUT2D eigenvalue weighted by atomic mass is 127. The molecule has 0 heterocycles. The lowest BCUT2D eigenvalue weighted by Crippen LogP contribution is -2.21. The van der Waals surface area contributed by atoms with Crippen molar-refractivity contribution in [1.29, 1.82) is 0 Å². The predicted molar refractivity (Wildman–Crippen MR) is 52.6 cm³/mol. The molecule has 1 N–H and O–H groups in total. The molecule has 5 heteroatoms. The maximum atomic E-state index is 11.1. The molecule has 0 unspecified atom stereocenters. The van der Waals surface area contributed by atoms with Crippen LogP contribution in [-0.2, 0) is 14.3 Å². The van der Waals surface area contributed by atoms with Gasteiger partial charge in [0.05, 0.1) is 6.61 Å². The van der Waals surface area contributed by atoms with Gasteiger partial charge in [-0.05, 0) is 36.4 Å². The third kappa shape index (κ3) is 3.70. The summed E-state index contributed by atoms with van der Waals surface area (Å²) in [5.41, 5.74) is 0.201. The van der Waals surface area contributed by atoms with Crippen molar-refractivity contribution in [1.82, 2.24) is 5.32 Å². The number of hydrogen-bond acceptors (Lipinski definition) is 3. The molecule has 0 aliphatic heterocycles. The third-order valence-electron chi connectivity index (χ3n) is 1.03. The van der Waals surface area contributed by atoms with E-state index >= 15 is 0 Å². The average molecular weight is 283 g/mol. The molecule has 0 aliphatic carbocycles. The van der Waals surface area contributed by atoms with Crippen molar-refractivity contribution in [3.8, 4) is 0 Å². The van der Waals surface area contributed by atoms with Gasteiger partial charge in [-0.1, -0.05) is 0 Å². The Balaban J connectivity index is 4.42. The summed E-state index contributed by atoms with van der Waals surface area (Å²) < 4.78 is 5.39. The fraction of sp³-hybridized carbons (Fsp3) is 0.429. The van der Waals surface area contributed by atoms with Crippen molar-refractivity contribution in [3.63, 3.8) is 0 Å². The smallest absolute Gasteiger partial charge is 0.355 e. The molecule has 0 radical (unpaired) electrons. The van der Waals surface area contributed by atoms with E-state index < -0.39 is 5.97 Å².